The first-order chi connectivity index (χ1) is 8.92. The number of fused-ring (bicyclic) bond motifs is 1. The summed E-state index contributed by atoms with van der Waals surface area (Å²) in [7, 11) is 0. The van der Waals surface area contributed by atoms with E-state index in [1.165, 1.54) is 32.1 Å². The second-order valence-corrected chi connectivity index (χ2v) is 5.24. The number of para-hydroxylation sites is 2. The molecule has 3 nitrogen and oxygen atoms in total. The van der Waals surface area contributed by atoms with E-state index in [-0.39, 0.29) is 18.5 Å². The molecule has 1 fully saturated rings. The van der Waals surface area contributed by atoms with Gasteiger partial charge in [0.1, 0.15) is 12.7 Å². The van der Waals surface area contributed by atoms with Crippen molar-refractivity contribution in [3.8, 4) is 11.5 Å². The third kappa shape index (κ3) is 3.77. The summed E-state index contributed by atoms with van der Waals surface area (Å²) in [4.78, 5) is 0. The Labute approximate surface area is 121 Å². The minimum atomic E-state index is 0. The lowest BCUT2D eigenvalue weighted by atomic mass is 9.95. The standard InChI is InChI=1S/C15H21NO2.ClH/c1-2-6-12(7-3-1)16-10-13-11-17-14-8-4-5-9-15(14)18-13;/h4-5,8-9,12-13,16H,1-3,6-7,10-11H2;1H. The first-order valence-electron chi connectivity index (χ1n) is 7.04. The summed E-state index contributed by atoms with van der Waals surface area (Å²) in [6, 6.07) is 8.57. The molecule has 1 N–H and O–H groups in total. The van der Waals surface area contributed by atoms with Crippen LogP contribution >= 0.6 is 12.4 Å². The molecule has 4 heteroatoms. The summed E-state index contributed by atoms with van der Waals surface area (Å²) in [5.41, 5.74) is 0. The van der Waals surface area contributed by atoms with Gasteiger partial charge in [-0.1, -0.05) is 31.4 Å². The molecule has 0 bridgehead atoms. The molecule has 1 aliphatic carbocycles. The molecule has 1 unspecified atom stereocenters. The maximum atomic E-state index is 5.94. The average Bonchev–Trinajstić information content (AvgIpc) is 2.46. The number of nitrogens with one attached hydrogen (secondary N) is 1. The van der Waals surface area contributed by atoms with Gasteiger partial charge in [-0.2, -0.15) is 0 Å². The maximum Gasteiger partial charge on any atom is 0.161 e. The Morgan fingerprint density at radius 2 is 1.79 bits per heavy atom. The number of hydrogen-bond donors (Lipinski definition) is 1. The number of hydrogen-bond acceptors (Lipinski definition) is 3. The zero-order valence-electron chi connectivity index (χ0n) is 11.1. The third-order valence-corrected chi connectivity index (χ3v) is 3.81. The van der Waals surface area contributed by atoms with Crippen LogP contribution in [0, 0.1) is 0 Å². The SMILES string of the molecule is Cl.c1ccc2c(c1)OCC(CNC1CCCCC1)O2. The van der Waals surface area contributed by atoms with Crippen LogP contribution in [0.5, 0.6) is 11.5 Å². The Morgan fingerprint density at radius 3 is 2.58 bits per heavy atom. The summed E-state index contributed by atoms with van der Waals surface area (Å²) in [6.07, 6.45) is 6.88. The van der Waals surface area contributed by atoms with Crippen molar-refractivity contribution < 1.29 is 9.47 Å². The molecule has 3 rings (SSSR count). The molecule has 1 atom stereocenters. The van der Waals surface area contributed by atoms with Crippen molar-refractivity contribution >= 4 is 12.4 Å². The fraction of sp³-hybridized carbons (Fsp3) is 0.600. The highest BCUT2D eigenvalue weighted by molar-refractivity contribution is 5.85. The first-order valence-corrected chi connectivity index (χ1v) is 7.04. The van der Waals surface area contributed by atoms with E-state index in [9.17, 15) is 0 Å². The lowest BCUT2D eigenvalue weighted by Crippen LogP contribution is -2.43. The van der Waals surface area contributed by atoms with Crippen LogP contribution in [0.2, 0.25) is 0 Å². The topological polar surface area (TPSA) is 30.5 Å². The predicted octanol–water partition coefficient (Wildman–Crippen LogP) is 3.17. The van der Waals surface area contributed by atoms with Crippen molar-refractivity contribution in [2.24, 2.45) is 0 Å². The minimum absolute atomic E-state index is 0. The second-order valence-electron chi connectivity index (χ2n) is 5.24. The van der Waals surface area contributed by atoms with Crippen LogP contribution in [0.25, 0.3) is 0 Å². The van der Waals surface area contributed by atoms with Crippen molar-refractivity contribution in [1.29, 1.82) is 0 Å². The van der Waals surface area contributed by atoms with Crippen LogP contribution in [0.4, 0.5) is 0 Å². The van der Waals surface area contributed by atoms with Gasteiger partial charge in [-0.25, -0.2) is 0 Å². The van der Waals surface area contributed by atoms with E-state index in [1.54, 1.807) is 0 Å². The lowest BCUT2D eigenvalue weighted by Gasteiger charge is -2.29. The first kappa shape index (κ1) is 14.5. The maximum absolute atomic E-state index is 5.94. The van der Waals surface area contributed by atoms with Crippen LogP contribution < -0.4 is 14.8 Å². The molecule has 0 saturated heterocycles. The zero-order chi connectivity index (χ0) is 12.2. The molecule has 1 saturated carbocycles. The van der Waals surface area contributed by atoms with Gasteiger partial charge in [0, 0.05) is 12.6 Å². The van der Waals surface area contributed by atoms with Gasteiger partial charge in [0.05, 0.1) is 0 Å². The summed E-state index contributed by atoms with van der Waals surface area (Å²) >= 11 is 0. The van der Waals surface area contributed by atoms with E-state index in [4.69, 9.17) is 9.47 Å². The van der Waals surface area contributed by atoms with E-state index < -0.39 is 0 Å². The van der Waals surface area contributed by atoms with Gasteiger partial charge >= 0.3 is 0 Å². The molecule has 1 aliphatic heterocycles. The van der Waals surface area contributed by atoms with Crippen molar-refractivity contribution in [2.75, 3.05) is 13.2 Å². The Kier molecular flexibility index (Phi) is 5.34. The summed E-state index contributed by atoms with van der Waals surface area (Å²) in [5.74, 6) is 1.74. The smallest absolute Gasteiger partial charge is 0.161 e. The highest BCUT2D eigenvalue weighted by Crippen LogP contribution is 2.30. The van der Waals surface area contributed by atoms with E-state index in [0.717, 1.165) is 18.0 Å². The number of rotatable bonds is 3. The summed E-state index contributed by atoms with van der Waals surface area (Å²) in [5, 5.41) is 3.62. The Hall–Kier alpha value is -0.930. The Bertz CT molecular complexity index is 393. The van der Waals surface area contributed by atoms with E-state index in [0.29, 0.717) is 12.6 Å². The molecule has 0 amide bonds. The predicted molar refractivity (Wildman–Crippen MR) is 78.5 cm³/mol. The third-order valence-electron chi connectivity index (χ3n) is 3.81. The van der Waals surface area contributed by atoms with Gasteiger partial charge in [-0.05, 0) is 25.0 Å². The van der Waals surface area contributed by atoms with Crippen molar-refractivity contribution in [1.82, 2.24) is 5.32 Å². The molecule has 19 heavy (non-hydrogen) atoms. The van der Waals surface area contributed by atoms with Gasteiger partial charge in [-0.3, -0.25) is 0 Å². The monoisotopic (exact) mass is 283 g/mol. The average molecular weight is 284 g/mol. The normalized spacial score (nSPS) is 22.6. The van der Waals surface area contributed by atoms with Crippen LogP contribution in [-0.2, 0) is 0 Å². The highest BCUT2D eigenvalue weighted by atomic mass is 35.5. The molecule has 1 heterocycles. The quantitative estimate of drug-likeness (QED) is 0.924. The minimum Gasteiger partial charge on any atom is -0.486 e. The molecule has 106 valence electrons. The summed E-state index contributed by atoms with van der Waals surface area (Å²) < 4.78 is 11.6. The number of halogens is 1. The Balaban J connectivity index is 0.00000133. The van der Waals surface area contributed by atoms with E-state index in [1.807, 2.05) is 24.3 Å². The van der Waals surface area contributed by atoms with Crippen LogP contribution in [0.15, 0.2) is 24.3 Å². The van der Waals surface area contributed by atoms with Crippen molar-refractivity contribution in [3.05, 3.63) is 24.3 Å². The van der Waals surface area contributed by atoms with Crippen LogP contribution in [0.3, 0.4) is 0 Å². The molecular weight excluding hydrogens is 262 g/mol. The van der Waals surface area contributed by atoms with Crippen LogP contribution in [-0.4, -0.2) is 25.3 Å². The summed E-state index contributed by atoms with van der Waals surface area (Å²) in [6.45, 7) is 1.54. The fourth-order valence-corrected chi connectivity index (χ4v) is 2.77. The lowest BCUT2D eigenvalue weighted by molar-refractivity contribution is 0.0868. The van der Waals surface area contributed by atoms with Gasteiger partial charge in [0.2, 0.25) is 0 Å². The number of benzene rings is 1. The van der Waals surface area contributed by atoms with Crippen molar-refractivity contribution in [3.63, 3.8) is 0 Å². The van der Waals surface area contributed by atoms with Gasteiger partial charge in [0.15, 0.2) is 11.5 Å². The number of ether oxygens (including phenoxy) is 2. The zero-order valence-corrected chi connectivity index (χ0v) is 12.0. The molecule has 1 aromatic carbocycles. The van der Waals surface area contributed by atoms with E-state index >= 15 is 0 Å². The highest BCUT2D eigenvalue weighted by Gasteiger charge is 2.22. The molecular formula is C15H22ClNO2. The largest absolute Gasteiger partial charge is 0.486 e. The Morgan fingerprint density at radius 1 is 1.05 bits per heavy atom. The molecule has 0 aromatic heterocycles. The molecule has 2 aliphatic rings. The molecule has 1 aromatic rings. The van der Waals surface area contributed by atoms with Crippen molar-refractivity contribution in [2.45, 2.75) is 44.2 Å². The van der Waals surface area contributed by atoms with E-state index in [2.05, 4.69) is 5.32 Å². The van der Waals surface area contributed by atoms with Gasteiger partial charge in [0.25, 0.3) is 0 Å². The van der Waals surface area contributed by atoms with Gasteiger partial charge in [-0.15, -0.1) is 12.4 Å². The van der Waals surface area contributed by atoms with Gasteiger partial charge < -0.3 is 14.8 Å². The molecule has 0 radical (unpaired) electrons. The fourth-order valence-electron chi connectivity index (χ4n) is 2.77. The second kappa shape index (κ2) is 7.01. The molecule has 0 spiro atoms. The van der Waals surface area contributed by atoms with Crippen LogP contribution in [0.1, 0.15) is 32.1 Å².